The molecule has 1 aromatic heterocycles. The number of hydrogen-bond acceptors (Lipinski definition) is 7. The molecule has 1 aliphatic rings. The van der Waals surface area contributed by atoms with Gasteiger partial charge in [-0.05, 0) is 23.9 Å². The van der Waals surface area contributed by atoms with Crippen LogP contribution in [0.1, 0.15) is 4.88 Å². The number of para-hydroxylation sites is 1. The molecule has 0 bridgehead atoms. The van der Waals surface area contributed by atoms with Crippen molar-refractivity contribution in [1.82, 2.24) is 14.5 Å². The minimum Gasteiger partial charge on any atom is -0.355 e. The Hall–Kier alpha value is -2.34. The van der Waals surface area contributed by atoms with Gasteiger partial charge in [0.2, 0.25) is 15.9 Å². The van der Waals surface area contributed by atoms with Crippen molar-refractivity contribution in [3.63, 3.8) is 0 Å². The second kappa shape index (κ2) is 9.44. The maximum Gasteiger partial charge on any atom is 0.289 e. The molecule has 0 spiro atoms. The first-order valence-corrected chi connectivity index (χ1v) is 11.4. The molecule has 0 aliphatic carbocycles. The number of rotatable bonds is 8. The summed E-state index contributed by atoms with van der Waals surface area (Å²) in [6.45, 7) is 1.89. The highest BCUT2D eigenvalue weighted by Gasteiger charge is 2.33. The fourth-order valence-corrected chi connectivity index (χ4v) is 5.42. The van der Waals surface area contributed by atoms with Crippen LogP contribution in [0, 0.1) is 10.1 Å². The van der Waals surface area contributed by atoms with Crippen LogP contribution >= 0.6 is 11.3 Å². The van der Waals surface area contributed by atoms with E-state index in [1.165, 1.54) is 33.4 Å². The van der Waals surface area contributed by atoms with Crippen LogP contribution in [-0.4, -0.2) is 67.7 Å². The average molecular weight is 439 g/mol. The van der Waals surface area contributed by atoms with Gasteiger partial charge in [0.05, 0.1) is 11.5 Å². The minimum atomic E-state index is -3.96. The highest BCUT2D eigenvalue weighted by atomic mass is 32.2. The number of benzene rings is 1. The number of nitrogens with one attached hydrogen (secondary N) is 1. The summed E-state index contributed by atoms with van der Waals surface area (Å²) >= 11 is 1.65. The Morgan fingerprint density at radius 2 is 1.86 bits per heavy atom. The predicted molar refractivity (Wildman–Crippen MR) is 109 cm³/mol. The SMILES string of the molecule is O=C(CN1CCN(S(=O)(=O)c2ccccc2[N+](=O)[O-])CC1)NCCc1cccs1. The molecule has 0 saturated carbocycles. The lowest BCUT2D eigenvalue weighted by molar-refractivity contribution is -0.387. The van der Waals surface area contributed by atoms with Crippen LogP contribution in [-0.2, 0) is 21.2 Å². The Morgan fingerprint density at radius 3 is 2.52 bits per heavy atom. The van der Waals surface area contributed by atoms with E-state index < -0.39 is 20.6 Å². The Balaban J connectivity index is 1.51. The maximum absolute atomic E-state index is 12.8. The third-order valence-electron chi connectivity index (χ3n) is 4.65. The molecular formula is C18H22N4O5S2. The zero-order chi connectivity index (χ0) is 20.9. The van der Waals surface area contributed by atoms with Gasteiger partial charge in [-0.2, -0.15) is 4.31 Å². The van der Waals surface area contributed by atoms with Crippen LogP contribution in [0.4, 0.5) is 5.69 Å². The fourth-order valence-electron chi connectivity index (χ4n) is 3.13. The molecule has 0 atom stereocenters. The van der Waals surface area contributed by atoms with Gasteiger partial charge in [0.25, 0.3) is 5.69 Å². The molecule has 156 valence electrons. The van der Waals surface area contributed by atoms with Gasteiger partial charge in [-0.3, -0.25) is 19.8 Å². The van der Waals surface area contributed by atoms with Gasteiger partial charge < -0.3 is 5.32 Å². The van der Waals surface area contributed by atoms with Crippen molar-refractivity contribution >= 4 is 33.0 Å². The lowest BCUT2D eigenvalue weighted by Crippen LogP contribution is -2.51. The molecule has 1 aromatic carbocycles. The van der Waals surface area contributed by atoms with E-state index >= 15 is 0 Å². The lowest BCUT2D eigenvalue weighted by Gasteiger charge is -2.33. The smallest absolute Gasteiger partial charge is 0.289 e. The summed E-state index contributed by atoms with van der Waals surface area (Å²) in [6, 6.07) is 9.33. The van der Waals surface area contributed by atoms with Crippen molar-refractivity contribution in [2.45, 2.75) is 11.3 Å². The molecule has 1 N–H and O–H groups in total. The van der Waals surface area contributed by atoms with Gasteiger partial charge in [-0.25, -0.2) is 8.42 Å². The van der Waals surface area contributed by atoms with E-state index in [0.29, 0.717) is 19.6 Å². The van der Waals surface area contributed by atoms with E-state index in [4.69, 9.17) is 0 Å². The van der Waals surface area contributed by atoms with Crippen LogP contribution in [0.5, 0.6) is 0 Å². The zero-order valence-electron chi connectivity index (χ0n) is 15.7. The normalized spacial score (nSPS) is 15.9. The fraction of sp³-hybridized carbons (Fsp3) is 0.389. The molecule has 11 heteroatoms. The molecular weight excluding hydrogens is 416 g/mol. The first kappa shape index (κ1) is 21.4. The summed E-state index contributed by atoms with van der Waals surface area (Å²) < 4.78 is 26.9. The number of nitrogens with zero attached hydrogens (tertiary/aromatic N) is 3. The van der Waals surface area contributed by atoms with Crippen molar-refractivity contribution in [2.24, 2.45) is 0 Å². The van der Waals surface area contributed by atoms with E-state index in [9.17, 15) is 23.3 Å². The molecule has 1 fully saturated rings. The summed E-state index contributed by atoms with van der Waals surface area (Å²) in [7, 11) is -3.96. The molecule has 0 radical (unpaired) electrons. The quantitative estimate of drug-likeness (QED) is 0.491. The van der Waals surface area contributed by atoms with Crippen molar-refractivity contribution in [1.29, 1.82) is 0 Å². The third kappa shape index (κ3) is 5.38. The van der Waals surface area contributed by atoms with E-state index in [0.717, 1.165) is 6.42 Å². The highest BCUT2D eigenvalue weighted by molar-refractivity contribution is 7.89. The summed E-state index contributed by atoms with van der Waals surface area (Å²) in [4.78, 5) is 25.4. The monoisotopic (exact) mass is 438 g/mol. The number of nitro benzene ring substituents is 1. The van der Waals surface area contributed by atoms with Gasteiger partial charge in [0.1, 0.15) is 0 Å². The molecule has 1 aliphatic heterocycles. The first-order chi connectivity index (χ1) is 13.9. The van der Waals surface area contributed by atoms with Crippen molar-refractivity contribution in [3.8, 4) is 0 Å². The van der Waals surface area contributed by atoms with E-state index in [-0.39, 0.29) is 30.4 Å². The van der Waals surface area contributed by atoms with Gasteiger partial charge >= 0.3 is 0 Å². The highest BCUT2D eigenvalue weighted by Crippen LogP contribution is 2.26. The summed E-state index contributed by atoms with van der Waals surface area (Å²) in [5, 5.41) is 16.0. The first-order valence-electron chi connectivity index (χ1n) is 9.13. The number of nitro groups is 1. The van der Waals surface area contributed by atoms with Crippen LogP contribution in [0.2, 0.25) is 0 Å². The van der Waals surface area contributed by atoms with E-state index in [2.05, 4.69) is 5.32 Å². The number of sulfonamides is 1. The Morgan fingerprint density at radius 1 is 1.14 bits per heavy atom. The second-order valence-corrected chi connectivity index (χ2v) is 9.52. The molecule has 2 aromatic rings. The number of amides is 1. The summed E-state index contributed by atoms with van der Waals surface area (Å²) in [6.07, 6.45) is 0.783. The number of carbonyl (C=O) groups excluding carboxylic acids is 1. The maximum atomic E-state index is 12.8. The molecule has 2 heterocycles. The standard InChI is InChI=1S/C18H22N4O5S2/c23-18(19-8-7-15-4-3-13-28-15)14-20-9-11-21(12-10-20)29(26,27)17-6-2-1-5-16(17)22(24)25/h1-6,13H,7-12,14H2,(H,19,23). The Bertz CT molecular complexity index is 954. The second-order valence-electron chi connectivity index (χ2n) is 6.58. The largest absolute Gasteiger partial charge is 0.355 e. The van der Waals surface area contributed by atoms with E-state index in [1.807, 2.05) is 22.4 Å². The molecule has 0 unspecified atom stereocenters. The van der Waals surface area contributed by atoms with Crippen LogP contribution in [0.25, 0.3) is 0 Å². The van der Waals surface area contributed by atoms with E-state index in [1.54, 1.807) is 11.3 Å². The minimum absolute atomic E-state index is 0.100. The van der Waals surface area contributed by atoms with Crippen LogP contribution in [0.15, 0.2) is 46.7 Å². The lowest BCUT2D eigenvalue weighted by atomic mass is 10.3. The number of carbonyl (C=O) groups is 1. The molecule has 9 nitrogen and oxygen atoms in total. The van der Waals surface area contributed by atoms with Crippen molar-refractivity contribution in [2.75, 3.05) is 39.3 Å². The third-order valence-corrected chi connectivity index (χ3v) is 7.53. The van der Waals surface area contributed by atoms with Gasteiger partial charge in [0.15, 0.2) is 4.90 Å². The van der Waals surface area contributed by atoms with Gasteiger partial charge in [-0.1, -0.05) is 18.2 Å². The number of hydrogen-bond donors (Lipinski definition) is 1. The van der Waals surface area contributed by atoms with Crippen molar-refractivity contribution < 1.29 is 18.1 Å². The van der Waals surface area contributed by atoms with Gasteiger partial charge in [-0.15, -0.1) is 11.3 Å². The Kier molecular flexibility index (Phi) is 6.96. The van der Waals surface area contributed by atoms with Gasteiger partial charge in [0, 0.05) is 43.7 Å². The zero-order valence-corrected chi connectivity index (χ0v) is 17.3. The Labute approximate surface area is 173 Å². The summed E-state index contributed by atoms with van der Waals surface area (Å²) in [5.41, 5.74) is -0.431. The average Bonchev–Trinajstić information content (AvgIpc) is 3.22. The molecule has 1 saturated heterocycles. The molecule has 1 amide bonds. The van der Waals surface area contributed by atoms with Crippen LogP contribution in [0.3, 0.4) is 0 Å². The number of piperazine rings is 1. The molecule has 3 rings (SSSR count). The topological polar surface area (TPSA) is 113 Å². The van der Waals surface area contributed by atoms with Crippen molar-refractivity contribution in [3.05, 3.63) is 56.8 Å². The number of thiophene rings is 1. The molecule has 29 heavy (non-hydrogen) atoms. The summed E-state index contributed by atoms with van der Waals surface area (Å²) in [5.74, 6) is -0.100. The van der Waals surface area contributed by atoms with Crippen LogP contribution < -0.4 is 5.32 Å². The predicted octanol–water partition coefficient (Wildman–Crippen LogP) is 1.32.